The second kappa shape index (κ2) is 6.73. The molecule has 2 aromatic carbocycles. The van der Waals surface area contributed by atoms with Crippen molar-refractivity contribution in [2.45, 2.75) is 20.1 Å². The Balaban J connectivity index is 1.96. The highest BCUT2D eigenvalue weighted by molar-refractivity contribution is 9.10. The lowest BCUT2D eigenvalue weighted by atomic mass is 10.1. The standard InChI is InChI=1S/C16H18BrNO/c1-12-9-15(7-8-16(12)17)18-10-13-3-5-14(6-4-13)11-19-2/h3-9,18H,10-11H2,1-2H3. The maximum Gasteiger partial charge on any atom is 0.0713 e. The Morgan fingerprint density at radius 2 is 1.74 bits per heavy atom. The van der Waals surface area contributed by atoms with Crippen molar-refractivity contribution in [3.8, 4) is 0 Å². The van der Waals surface area contributed by atoms with E-state index < -0.39 is 0 Å². The summed E-state index contributed by atoms with van der Waals surface area (Å²) in [6.07, 6.45) is 0. The Hall–Kier alpha value is -1.32. The first kappa shape index (κ1) is 14.1. The van der Waals surface area contributed by atoms with E-state index in [0.29, 0.717) is 6.61 Å². The molecule has 0 aliphatic heterocycles. The van der Waals surface area contributed by atoms with Crippen molar-refractivity contribution in [2.75, 3.05) is 12.4 Å². The summed E-state index contributed by atoms with van der Waals surface area (Å²) in [6.45, 7) is 3.59. The van der Waals surface area contributed by atoms with Crippen molar-refractivity contribution < 1.29 is 4.74 Å². The van der Waals surface area contributed by atoms with E-state index >= 15 is 0 Å². The molecule has 0 bridgehead atoms. The summed E-state index contributed by atoms with van der Waals surface area (Å²) in [6, 6.07) is 14.8. The molecule has 0 aromatic heterocycles. The topological polar surface area (TPSA) is 21.3 Å². The lowest BCUT2D eigenvalue weighted by Gasteiger charge is -2.09. The average Bonchev–Trinajstić information content (AvgIpc) is 2.42. The Bertz CT molecular complexity index is 537. The van der Waals surface area contributed by atoms with Crippen LogP contribution in [0.2, 0.25) is 0 Å². The number of benzene rings is 2. The quantitative estimate of drug-likeness (QED) is 0.875. The van der Waals surface area contributed by atoms with Crippen LogP contribution >= 0.6 is 15.9 Å². The highest BCUT2D eigenvalue weighted by Crippen LogP contribution is 2.20. The van der Waals surface area contributed by atoms with Crippen molar-refractivity contribution in [2.24, 2.45) is 0 Å². The van der Waals surface area contributed by atoms with Gasteiger partial charge in [0.2, 0.25) is 0 Å². The van der Waals surface area contributed by atoms with Gasteiger partial charge in [-0.25, -0.2) is 0 Å². The van der Waals surface area contributed by atoms with Crippen LogP contribution in [0.3, 0.4) is 0 Å². The second-order valence-electron chi connectivity index (χ2n) is 4.57. The van der Waals surface area contributed by atoms with Crippen molar-refractivity contribution >= 4 is 21.6 Å². The number of methoxy groups -OCH3 is 1. The molecule has 3 heteroatoms. The smallest absolute Gasteiger partial charge is 0.0713 e. The molecule has 0 heterocycles. The predicted octanol–water partition coefficient (Wildman–Crippen LogP) is 4.52. The molecule has 0 aliphatic rings. The fourth-order valence-electron chi connectivity index (χ4n) is 1.88. The van der Waals surface area contributed by atoms with E-state index in [2.05, 4.69) is 70.6 Å². The second-order valence-corrected chi connectivity index (χ2v) is 5.42. The first-order chi connectivity index (χ1) is 9.19. The van der Waals surface area contributed by atoms with Crippen LogP contribution in [-0.2, 0) is 17.9 Å². The van der Waals surface area contributed by atoms with Crippen molar-refractivity contribution in [3.05, 3.63) is 63.6 Å². The molecule has 2 nitrogen and oxygen atoms in total. The number of nitrogens with one attached hydrogen (secondary N) is 1. The minimum Gasteiger partial charge on any atom is -0.381 e. The Morgan fingerprint density at radius 3 is 2.37 bits per heavy atom. The number of aryl methyl sites for hydroxylation is 1. The van der Waals surface area contributed by atoms with Crippen LogP contribution in [0.25, 0.3) is 0 Å². The zero-order chi connectivity index (χ0) is 13.7. The fraction of sp³-hybridized carbons (Fsp3) is 0.250. The van der Waals surface area contributed by atoms with E-state index in [1.54, 1.807) is 7.11 Å². The molecule has 0 fully saturated rings. The zero-order valence-electron chi connectivity index (χ0n) is 11.2. The maximum absolute atomic E-state index is 5.10. The van der Waals surface area contributed by atoms with Gasteiger partial charge >= 0.3 is 0 Å². The molecule has 0 radical (unpaired) electrons. The summed E-state index contributed by atoms with van der Waals surface area (Å²) in [7, 11) is 1.71. The van der Waals surface area contributed by atoms with Gasteiger partial charge in [-0.05, 0) is 41.8 Å². The molecule has 0 amide bonds. The van der Waals surface area contributed by atoms with Gasteiger partial charge in [0.15, 0.2) is 0 Å². The third-order valence-electron chi connectivity index (χ3n) is 2.99. The number of ether oxygens (including phenoxy) is 1. The molecule has 0 spiro atoms. The van der Waals surface area contributed by atoms with E-state index in [4.69, 9.17) is 4.74 Å². The molecule has 2 aromatic rings. The van der Waals surface area contributed by atoms with E-state index in [9.17, 15) is 0 Å². The van der Waals surface area contributed by atoms with E-state index in [1.165, 1.54) is 16.7 Å². The predicted molar refractivity (Wildman–Crippen MR) is 83.4 cm³/mol. The molecule has 0 saturated carbocycles. The first-order valence-corrected chi connectivity index (χ1v) is 7.05. The average molecular weight is 320 g/mol. The number of rotatable bonds is 5. The third kappa shape index (κ3) is 4.08. The third-order valence-corrected chi connectivity index (χ3v) is 3.88. The molecular formula is C16H18BrNO. The summed E-state index contributed by atoms with van der Waals surface area (Å²) in [4.78, 5) is 0. The number of halogens is 1. The van der Waals surface area contributed by atoms with Gasteiger partial charge in [0.1, 0.15) is 0 Å². The van der Waals surface area contributed by atoms with Crippen LogP contribution < -0.4 is 5.32 Å². The summed E-state index contributed by atoms with van der Waals surface area (Å²) in [5.74, 6) is 0. The number of hydrogen-bond donors (Lipinski definition) is 1. The van der Waals surface area contributed by atoms with Crippen LogP contribution in [0.4, 0.5) is 5.69 Å². The molecule has 19 heavy (non-hydrogen) atoms. The normalized spacial score (nSPS) is 10.5. The van der Waals surface area contributed by atoms with Gasteiger partial charge in [-0.1, -0.05) is 40.2 Å². The van der Waals surface area contributed by atoms with Gasteiger partial charge in [0.25, 0.3) is 0 Å². The Labute approximate surface area is 122 Å². The summed E-state index contributed by atoms with van der Waals surface area (Å²) < 4.78 is 6.24. The highest BCUT2D eigenvalue weighted by Gasteiger charge is 1.98. The monoisotopic (exact) mass is 319 g/mol. The molecule has 0 saturated heterocycles. The fourth-order valence-corrected chi connectivity index (χ4v) is 2.13. The van der Waals surface area contributed by atoms with Gasteiger partial charge < -0.3 is 10.1 Å². The van der Waals surface area contributed by atoms with E-state index in [0.717, 1.165) is 16.7 Å². The zero-order valence-corrected chi connectivity index (χ0v) is 12.8. The maximum atomic E-state index is 5.10. The van der Waals surface area contributed by atoms with E-state index in [-0.39, 0.29) is 0 Å². The van der Waals surface area contributed by atoms with E-state index in [1.807, 2.05) is 0 Å². The summed E-state index contributed by atoms with van der Waals surface area (Å²) >= 11 is 3.51. The minimum absolute atomic E-state index is 0.666. The van der Waals surface area contributed by atoms with Crippen molar-refractivity contribution in [1.82, 2.24) is 0 Å². The van der Waals surface area contributed by atoms with Crippen LogP contribution in [-0.4, -0.2) is 7.11 Å². The highest BCUT2D eigenvalue weighted by atomic mass is 79.9. The molecule has 1 N–H and O–H groups in total. The van der Waals surface area contributed by atoms with Crippen molar-refractivity contribution in [3.63, 3.8) is 0 Å². The summed E-state index contributed by atoms with van der Waals surface area (Å²) in [5, 5.41) is 3.43. The van der Waals surface area contributed by atoms with Crippen LogP contribution in [0, 0.1) is 6.92 Å². The Kier molecular flexibility index (Phi) is 5.00. The van der Waals surface area contributed by atoms with Crippen molar-refractivity contribution in [1.29, 1.82) is 0 Å². The van der Waals surface area contributed by atoms with Gasteiger partial charge in [-0.2, -0.15) is 0 Å². The first-order valence-electron chi connectivity index (χ1n) is 6.26. The van der Waals surface area contributed by atoms with Crippen LogP contribution in [0.1, 0.15) is 16.7 Å². The molecule has 0 unspecified atom stereocenters. The van der Waals surface area contributed by atoms with Gasteiger partial charge in [0, 0.05) is 23.8 Å². The van der Waals surface area contributed by atoms with Gasteiger partial charge in [0.05, 0.1) is 6.61 Å². The van der Waals surface area contributed by atoms with Crippen LogP contribution in [0.15, 0.2) is 46.9 Å². The lowest BCUT2D eigenvalue weighted by Crippen LogP contribution is -2.00. The minimum atomic E-state index is 0.666. The molecule has 100 valence electrons. The van der Waals surface area contributed by atoms with Gasteiger partial charge in [-0.15, -0.1) is 0 Å². The molecule has 0 aliphatic carbocycles. The number of anilines is 1. The van der Waals surface area contributed by atoms with Crippen LogP contribution in [0.5, 0.6) is 0 Å². The molecule has 2 rings (SSSR count). The van der Waals surface area contributed by atoms with Gasteiger partial charge in [-0.3, -0.25) is 0 Å². The molecule has 0 atom stereocenters. The largest absolute Gasteiger partial charge is 0.381 e. The SMILES string of the molecule is COCc1ccc(CNc2ccc(Br)c(C)c2)cc1. The molecular weight excluding hydrogens is 302 g/mol. The Morgan fingerprint density at radius 1 is 1.05 bits per heavy atom. The number of hydrogen-bond acceptors (Lipinski definition) is 2. The lowest BCUT2D eigenvalue weighted by molar-refractivity contribution is 0.185. The summed E-state index contributed by atoms with van der Waals surface area (Å²) in [5.41, 5.74) is 4.84.